The second-order valence-corrected chi connectivity index (χ2v) is 6.31. The van der Waals surface area contributed by atoms with Crippen LogP contribution in [0.2, 0.25) is 0 Å². The Morgan fingerprint density at radius 1 is 1.33 bits per heavy atom. The molecule has 1 N–H and O–H groups in total. The van der Waals surface area contributed by atoms with Crippen LogP contribution in [0.1, 0.15) is 25.5 Å². The van der Waals surface area contributed by atoms with Crippen molar-refractivity contribution in [2.75, 3.05) is 13.7 Å². The van der Waals surface area contributed by atoms with Gasteiger partial charge in [0.15, 0.2) is 0 Å². The smallest absolute Gasteiger partial charge is 0.326 e. The van der Waals surface area contributed by atoms with Gasteiger partial charge in [0.05, 0.1) is 18.4 Å². The van der Waals surface area contributed by atoms with Crippen LogP contribution >= 0.6 is 0 Å². The number of carbonyl (C=O) groups is 3. The maximum absolute atomic E-state index is 14.3. The maximum atomic E-state index is 14.3. The fourth-order valence-electron chi connectivity index (χ4n) is 3.75. The van der Waals surface area contributed by atoms with Crippen LogP contribution in [0.15, 0.2) is 24.3 Å². The highest BCUT2D eigenvalue weighted by molar-refractivity contribution is 6.09. The number of imide groups is 1. The molecular formula is C17H19FN2O4. The van der Waals surface area contributed by atoms with Crippen LogP contribution in [0, 0.1) is 17.7 Å². The first kappa shape index (κ1) is 16.6. The average molecular weight is 334 g/mol. The molecule has 128 valence electrons. The third-order valence-corrected chi connectivity index (χ3v) is 4.95. The molecule has 0 radical (unpaired) electrons. The predicted octanol–water partition coefficient (Wildman–Crippen LogP) is 1.02. The van der Waals surface area contributed by atoms with Crippen molar-refractivity contribution in [1.29, 1.82) is 0 Å². The highest BCUT2D eigenvalue weighted by Crippen LogP contribution is 2.48. The number of rotatable bonds is 3. The molecule has 0 aromatic heterocycles. The average Bonchev–Trinajstić information content (AvgIpc) is 2.98. The van der Waals surface area contributed by atoms with E-state index in [0.717, 1.165) is 4.90 Å². The Balaban J connectivity index is 2.10. The molecule has 2 aliphatic heterocycles. The molecule has 1 aromatic carbocycles. The number of esters is 1. The number of hydrogen-bond acceptors (Lipinski definition) is 5. The van der Waals surface area contributed by atoms with Gasteiger partial charge in [-0.25, -0.2) is 4.39 Å². The summed E-state index contributed by atoms with van der Waals surface area (Å²) >= 11 is 0. The molecule has 4 atom stereocenters. The van der Waals surface area contributed by atoms with Gasteiger partial charge in [0, 0.05) is 18.7 Å². The quantitative estimate of drug-likeness (QED) is 0.660. The molecule has 0 saturated carbocycles. The summed E-state index contributed by atoms with van der Waals surface area (Å²) in [6.07, 6.45) is 0. The van der Waals surface area contributed by atoms with Gasteiger partial charge >= 0.3 is 5.97 Å². The summed E-state index contributed by atoms with van der Waals surface area (Å²) < 4.78 is 19.3. The van der Waals surface area contributed by atoms with Gasteiger partial charge in [-0.05, 0) is 19.9 Å². The summed E-state index contributed by atoms with van der Waals surface area (Å²) in [5, 5.41) is 3.01. The number of ether oxygens (including phenoxy) is 1. The van der Waals surface area contributed by atoms with Gasteiger partial charge < -0.3 is 4.74 Å². The topological polar surface area (TPSA) is 75.7 Å². The summed E-state index contributed by atoms with van der Waals surface area (Å²) in [7, 11) is 1.38. The van der Waals surface area contributed by atoms with E-state index in [9.17, 15) is 18.8 Å². The lowest BCUT2D eigenvalue weighted by Gasteiger charge is -2.28. The van der Waals surface area contributed by atoms with E-state index in [4.69, 9.17) is 4.74 Å². The molecule has 3 rings (SSSR count). The van der Waals surface area contributed by atoms with Crippen LogP contribution < -0.4 is 5.32 Å². The lowest BCUT2D eigenvalue weighted by molar-refractivity contribution is -0.155. The van der Waals surface area contributed by atoms with Crippen LogP contribution in [0.25, 0.3) is 0 Å². The van der Waals surface area contributed by atoms with E-state index in [1.807, 2.05) is 0 Å². The highest BCUT2D eigenvalue weighted by atomic mass is 19.1. The van der Waals surface area contributed by atoms with Crippen molar-refractivity contribution < 1.29 is 23.5 Å². The number of nitrogens with one attached hydrogen (secondary N) is 1. The predicted molar refractivity (Wildman–Crippen MR) is 82.1 cm³/mol. The van der Waals surface area contributed by atoms with Crippen molar-refractivity contribution in [2.24, 2.45) is 11.8 Å². The van der Waals surface area contributed by atoms with Crippen molar-refractivity contribution in [2.45, 2.75) is 25.4 Å². The molecule has 2 amide bonds. The molecule has 0 spiro atoms. The molecule has 2 fully saturated rings. The van der Waals surface area contributed by atoms with Crippen molar-refractivity contribution in [1.82, 2.24) is 10.2 Å². The lowest BCUT2D eigenvalue weighted by atomic mass is 9.80. The summed E-state index contributed by atoms with van der Waals surface area (Å²) in [6, 6.07) is 5.27. The second-order valence-electron chi connectivity index (χ2n) is 6.31. The van der Waals surface area contributed by atoms with E-state index in [0.29, 0.717) is 0 Å². The van der Waals surface area contributed by atoms with Crippen LogP contribution in [0.4, 0.5) is 4.39 Å². The fraction of sp³-hybridized carbons (Fsp3) is 0.471. The Bertz CT molecular complexity index is 722. The first-order chi connectivity index (χ1) is 11.3. The minimum atomic E-state index is -1.38. The number of amides is 2. The second kappa shape index (κ2) is 5.66. The first-order valence-corrected chi connectivity index (χ1v) is 7.83. The molecule has 24 heavy (non-hydrogen) atoms. The Labute approximate surface area is 139 Å². The minimum absolute atomic E-state index is 0.149. The standard InChI is InChI=1S/C17H19FN2O4/c1-4-24-16(23)17(2)12-11(14(21)20(3)15(12)22)13(19-17)9-7-5-6-8-10(9)18/h5-8,11-13,19H,4H2,1-3H3/t11-,12-,13-,17+/m0/s1. The van der Waals surface area contributed by atoms with Crippen molar-refractivity contribution in [3.8, 4) is 0 Å². The number of benzene rings is 1. The molecule has 0 bridgehead atoms. The first-order valence-electron chi connectivity index (χ1n) is 7.83. The van der Waals surface area contributed by atoms with Crippen molar-refractivity contribution in [3.05, 3.63) is 35.6 Å². The molecule has 0 aliphatic carbocycles. The van der Waals surface area contributed by atoms with Crippen molar-refractivity contribution in [3.63, 3.8) is 0 Å². The number of nitrogens with zero attached hydrogens (tertiary/aromatic N) is 1. The fourth-order valence-corrected chi connectivity index (χ4v) is 3.75. The summed E-state index contributed by atoms with van der Waals surface area (Å²) in [6.45, 7) is 3.35. The third kappa shape index (κ3) is 2.15. The zero-order valence-electron chi connectivity index (χ0n) is 13.7. The Morgan fingerprint density at radius 3 is 2.62 bits per heavy atom. The van der Waals surface area contributed by atoms with E-state index in [2.05, 4.69) is 5.32 Å². The zero-order chi connectivity index (χ0) is 17.6. The number of fused-ring (bicyclic) bond motifs is 1. The molecule has 1 aromatic rings. The number of halogens is 1. The highest BCUT2D eigenvalue weighted by Gasteiger charge is 2.66. The molecular weight excluding hydrogens is 315 g/mol. The van der Waals surface area contributed by atoms with E-state index in [1.54, 1.807) is 25.1 Å². The molecule has 0 unspecified atom stereocenters. The third-order valence-electron chi connectivity index (χ3n) is 4.95. The normalized spacial score (nSPS) is 32.2. The van der Waals surface area contributed by atoms with Gasteiger partial charge in [-0.3, -0.25) is 24.6 Å². The zero-order valence-corrected chi connectivity index (χ0v) is 13.7. The lowest BCUT2D eigenvalue weighted by Crippen LogP contribution is -2.53. The molecule has 2 saturated heterocycles. The van der Waals surface area contributed by atoms with E-state index < -0.39 is 47.0 Å². The van der Waals surface area contributed by atoms with Gasteiger partial charge in [0.1, 0.15) is 11.4 Å². The maximum Gasteiger partial charge on any atom is 0.326 e. The Kier molecular flexibility index (Phi) is 3.91. The van der Waals surface area contributed by atoms with Gasteiger partial charge in [-0.15, -0.1) is 0 Å². The van der Waals surface area contributed by atoms with E-state index in [-0.39, 0.29) is 12.2 Å². The largest absolute Gasteiger partial charge is 0.465 e. The van der Waals surface area contributed by atoms with Crippen LogP contribution in [-0.4, -0.2) is 41.9 Å². The van der Waals surface area contributed by atoms with Gasteiger partial charge in [0.25, 0.3) is 0 Å². The van der Waals surface area contributed by atoms with E-state index >= 15 is 0 Å². The number of likely N-dealkylation sites (tertiary alicyclic amines) is 1. The van der Waals surface area contributed by atoms with Crippen LogP contribution in [0.5, 0.6) is 0 Å². The van der Waals surface area contributed by atoms with Gasteiger partial charge in [-0.2, -0.15) is 0 Å². The van der Waals surface area contributed by atoms with Gasteiger partial charge in [0.2, 0.25) is 11.8 Å². The summed E-state index contributed by atoms with van der Waals surface area (Å²) in [5.41, 5.74) is -1.12. The van der Waals surface area contributed by atoms with Crippen molar-refractivity contribution >= 4 is 17.8 Å². The molecule has 2 aliphatic rings. The Morgan fingerprint density at radius 2 is 2.00 bits per heavy atom. The van der Waals surface area contributed by atoms with E-state index in [1.165, 1.54) is 20.0 Å². The summed E-state index contributed by atoms with van der Waals surface area (Å²) in [4.78, 5) is 38.6. The Hall–Kier alpha value is -2.28. The van der Waals surface area contributed by atoms with Crippen LogP contribution in [-0.2, 0) is 19.1 Å². The number of hydrogen-bond donors (Lipinski definition) is 1. The molecule has 6 nitrogen and oxygen atoms in total. The monoisotopic (exact) mass is 334 g/mol. The SMILES string of the molecule is CCOC(=O)[C@]1(C)N[C@@H](c2ccccc2F)[C@H]2C(=O)N(C)C(=O)[C@H]21. The summed E-state index contributed by atoms with van der Waals surface area (Å²) in [5.74, 6) is -3.73. The molecule has 2 heterocycles. The van der Waals surface area contributed by atoms with Gasteiger partial charge in [-0.1, -0.05) is 18.2 Å². The van der Waals surface area contributed by atoms with Crippen LogP contribution in [0.3, 0.4) is 0 Å². The number of carbonyl (C=O) groups excluding carboxylic acids is 3. The molecule has 7 heteroatoms. The minimum Gasteiger partial charge on any atom is -0.465 e.